The third-order valence-electron chi connectivity index (χ3n) is 4.00. The highest BCUT2D eigenvalue weighted by molar-refractivity contribution is 5.94. The highest BCUT2D eigenvalue weighted by Gasteiger charge is 2.48. The number of halogens is 6. The van der Waals surface area contributed by atoms with Gasteiger partial charge >= 0.3 is 6.18 Å². The van der Waals surface area contributed by atoms with Crippen molar-refractivity contribution in [1.29, 1.82) is 0 Å². The van der Waals surface area contributed by atoms with Crippen LogP contribution in [0.5, 0.6) is 0 Å². The van der Waals surface area contributed by atoms with Gasteiger partial charge in [0.2, 0.25) is 0 Å². The molecule has 1 aliphatic rings. The highest BCUT2D eigenvalue weighted by Crippen LogP contribution is 2.30. The summed E-state index contributed by atoms with van der Waals surface area (Å²) >= 11 is 0. The summed E-state index contributed by atoms with van der Waals surface area (Å²) in [6, 6.07) is -1.26. The van der Waals surface area contributed by atoms with Crippen molar-refractivity contribution in [3.05, 3.63) is 35.1 Å². The zero-order valence-corrected chi connectivity index (χ0v) is 12.3. The number of hydrogen-bond donors (Lipinski definition) is 0. The number of carbonyl (C=O) groups excluding carboxylic acids is 1. The summed E-state index contributed by atoms with van der Waals surface area (Å²) in [5, 5.41) is 0. The molecule has 0 radical (unpaired) electrons. The van der Waals surface area contributed by atoms with E-state index in [2.05, 4.69) is 0 Å². The van der Waals surface area contributed by atoms with E-state index >= 15 is 0 Å². The van der Waals surface area contributed by atoms with Gasteiger partial charge in [0.1, 0.15) is 6.04 Å². The van der Waals surface area contributed by atoms with Crippen LogP contribution in [0.15, 0.2) is 12.1 Å². The smallest absolute Gasteiger partial charge is 0.335 e. The van der Waals surface area contributed by atoms with Gasteiger partial charge in [-0.2, -0.15) is 13.2 Å². The van der Waals surface area contributed by atoms with Gasteiger partial charge in [0.25, 0.3) is 5.91 Å². The molecular weight excluding hydrogens is 326 g/mol. The predicted octanol–water partition coefficient (Wildman–Crippen LogP) is 2.81. The third kappa shape index (κ3) is 3.29. The lowest BCUT2D eigenvalue weighted by atomic mass is 10.1. The van der Waals surface area contributed by atoms with Crippen molar-refractivity contribution in [3.63, 3.8) is 0 Å². The fourth-order valence-electron chi connectivity index (χ4n) is 2.53. The minimum atomic E-state index is -4.57. The zero-order chi connectivity index (χ0) is 17.5. The average Bonchev–Trinajstić information content (AvgIpc) is 2.45. The molecule has 2 rings (SSSR count). The summed E-state index contributed by atoms with van der Waals surface area (Å²) in [7, 11) is 1.28. The van der Waals surface area contributed by atoms with Crippen molar-refractivity contribution in [2.45, 2.75) is 25.2 Å². The molecule has 1 heterocycles. The summed E-state index contributed by atoms with van der Waals surface area (Å²) in [6.45, 7) is 0.696. The number of nitrogens with zero attached hydrogens (tertiary/aromatic N) is 2. The predicted molar refractivity (Wildman–Crippen MR) is 69.3 cm³/mol. The lowest BCUT2D eigenvalue weighted by molar-refractivity contribution is -0.197. The standard InChI is InChI=1S/C14H14F6N2O/c1-7-5-22(6-10(21(7)2)14(18,19)20)13(23)8-3-4-9(15)12(17)11(8)16/h3-4,7,10H,5-6H2,1-2H3. The molecule has 0 spiro atoms. The van der Waals surface area contributed by atoms with Crippen LogP contribution in [0.3, 0.4) is 0 Å². The second kappa shape index (κ2) is 6.03. The summed E-state index contributed by atoms with van der Waals surface area (Å²) in [4.78, 5) is 14.1. The van der Waals surface area contributed by atoms with Crippen molar-refractivity contribution < 1.29 is 31.1 Å². The Morgan fingerprint density at radius 2 is 1.74 bits per heavy atom. The first-order valence-electron chi connectivity index (χ1n) is 6.75. The van der Waals surface area contributed by atoms with Crippen LogP contribution in [-0.2, 0) is 0 Å². The van der Waals surface area contributed by atoms with Crippen molar-refractivity contribution in [2.24, 2.45) is 0 Å². The Balaban J connectivity index is 2.31. The molecule has 0 aromatic heterocycles. The summed E-state index contributed by atoms with van der Waals surface area (Å²) in [5.41, 5.74) is -0.790. The molecule has 9 heteroatoms. The monoisotopic (exact) mass is 340 g/mol. The van der Waals surface area contributed by atoms with E-state index in [1.165, 1.54) is 14.0 Å². The van der Waals surface area contributed by atoms with Crippen LogP contribution < -0.4 is 0 Å². The molecule has 0 aliphatic carbocycles. The van der Waals surface area contributed by atoms with Crippen LogP contribution in [-0.4, -0.2) is 54.1 Å². The van der Waals surface area contributed by atoms with Gasteiger partial charge in [0.05, 0.1) is 5.56 Å². The lowest BCUT2D eigenvalue weighted by Crippen LogP contribution is -2.62. The fourth-order valence-corrected chi connectivity index (χ4v) is 2.53. The number of hydrogen-bond acceptors (Lipinski definition) is 2. The van der Waals surface area contributed by atoms with Gasteiger partial charge in [-0.3, -0.25) is 9.69 Å². The van der Waals surface area contributed by atoms with Crippen LogP contribution in [0.4, 0.5) is 26.3 Å². The van der Waals surface area contributed by atoms with Crippen LogP contribution in [0.25, 0.3) is 0 Å². The maximum Gasteiger partial charge on any atom is 0.405 e. The molecule has 1 aromatic rings. The SMILES string of the molecule is CC1CN(C(=O)c2ccc(F)c(F)c2F)CC(C(F)(F)F)N1C. The van der Waals surface area contributed by atoms with Gasteiger partial charge in [-0.05, 0) is 26.1 Å². The summed E-state index contributed by atoms with van der Waals surface area (Å²) in [6.07, 6.45) is -4.57. The fraction of sp³-hybridized carbons (Fsp3) is 0.500. The highest BCUT2D eigenvalue weighted by atomic mass is 19.4. The Bertz CT molecular complexity index is 618. The van der Waals surface area contributed by atoms with E-state index in [1.807, 2.05) is 0 Å². The Hall–Kier alpha value is -1.77. The maximum atomic E-state index is 13.7. The minimum Gasteiger partial charge on any atom is -0.335 e. The van der Waals surface area contributed by atoms with E-state index in [0.717, 1.165) is 15.9 Å². The van der Waals surface area contributed by atoms with E-state index in [1.54, 1.807) is 0 Å². The Morgan fingerprint density at radius 1 is 1.13 bits per heavy atom. The van der Waals surface area contributed by atoms with E-state index in [-0.39, 0.29) is 6.54 Å². The second-order valence-electron chi connectivity index (χ2n) is 5.50. The number of benzene rings is 1. The number of alkyl halides is 3. The molecule has 1 amide bonds. The van der Waals surface area contributed by atoms with Crippen LogP contribution >= 0.6 is 0 Å². The van der Waals surface area contributed by atoms with E-state index < -0.39 is 53.7 Å². The van der Waals surface area contributed by atoms with E-state index in [0.29, 0.717) is 6.07 Å². The zero-order valence-electron chi connectivity index (χ0n) is 12.3. The molecule has 1 fully saturated rings. The second-order valence-corrected chi connectivity index (χ2v) is 5.50. The molecule has 2 unspecified atom stereocenters. The van der Waals surface area contributed by atoms with Crippen molar-refractivity contribution in [2.75, 3.05) is 20.1 Å². The first-order valence-corrected chi connectivity index (χ1v) is 6.75. The van der Waals surface area contributed by atoms with E-state index in [9.17, 15) is 31.1 Å². The van der Waals surface area contributed by atoms with Crippen LogP contribution in [0, 0.1) is 17.5 Å². The van der Waals surface area contributed by atoms with Gasteiger partial charge in [-0.15, -0.1) is 0 Å². The molecular formula is C14H14F6N2O. The number of likely N-dealkylation sites (N-methyl/N-ethyl adjacent to an activating group) is 1. The van der Waals surface area contributed by atoms with Gasteiger partial charge in [0.15, 0.2) is 17.5 Å². The Morgan fingerprint density at radius 3 is 2.30 bits per heavy atom. The molecule has 1 saturated heterocycles. The molecule has 3 nitrogen and oxygen atoms in total. The third-order valence-corrected chi connectivity index (χ3v) is 4.00. The van der Waals surface area contributed by atoms with Crippen LogP contribution in [0.1, 0.15) is 17.3 Å². The molecule has 0 bridgehead atoms. The molecule has 128 valence electrons. The summed E-state index contributed by atoms with van der Waals surface area (Å²) < 4.78 is 78.9. The molecule has 1 aromatic carbocycles. The lowest BCUT2D eigenvalue weighted by Gasteiger charge is -2.44. The van der Waals surface area contributed by atoms with Crippen molar-refractivity contribution in [1.82, 2.24) is 9.80 Å². The largest absolute Gasteiger partial charge is 0.405 e. The Labute approximate surface area is 128 Å². The van der Waals surface area contributed by atoms with Gasteiger partial charge in [-0.1, -0.05) is 0 Å². The van der Waals surface area contributed by atoms with E-state index in [4.69, 9.17) is 0 Å². The summed E-state index contributed by atoms with van der Waals surface area (Å²) in [5.74, 6) is -6.11. The van der Waals surface area contributed by atoms with Gasteiger partial charge < -0.3 is 4.90 Å². The molecule has 2 atom stereocenters. The van der Waals surface area contributed by atoms with Gasteiger partial charge in [0, 0.05) is 19.1 Å². The first kappa shape index (κ1) is 17.6. The van der Waals surface area contributed by atoms with Crippen molar-refractivity contribution in [3.8, 4) is 0 Å². The molecule has 0 saturated carbocycles. The molecule has 1 aliphatic heterocycles. The number of rotatable bonds is 1. The minimum absolute atomic E-state index is 0.0830. The number of amides is 1. The normalized spacial score (nSPS) is 23.2. The topological polar surface area (TPSA) is 23.6 Å². The Kier molecular flexibility index (Phi) is 4.61. The maximum absolute atomic E-state index is 13.7. The first-order chi connectivity index (χ1) is 10.5. The average molecular weight is 340 g/mol. The van der Waals surface area contributed by atoms with Crippen LogP contribution in [0.2, 0.25) is 0 Å². The molecule has 0 N–H and O–H groups in total. The van der Waals surface area contributed by atoms with Crippen molar-refractivity contribution >= 4 is 5.91 Å². The van der Waals surface area contributed by atoms with Gasteiger partial charge in [-0.25, -0.2) is 13.2 Å². The molecule has 23 heavy (non-hydrogen) atoms. The quantitative estimate of drug-likeness (QED) is 0.580. The number of carbonyl (C=O) groups is 1. The number of piperazine rings is 1.